The number of pyridine rings is 1. The van der Waals surface area contributed by atoms with E-state index in [-0.39, 0.29) is 11.9 Å². The lowest BCUT2D eigenvalue weighted by molar-refractivity contribution is 0.183. The summed E-state index contributed by atoms with van der Waals surface area (Å²) < 4.78 is 17.7. The molecule has 1 atom stereocenters. The molecule has 5 rings (SSSR count). The number of hydrogen-bond donors (Lipinski definition) is 1. The number of phenolic OH excluding ortho intramolecular Hbond substituents is 1. The molecule has 3 heterocycles. The lowest BCUT2D eigenvalue weighted by Gasteiger charge is -2.31. The van der Waals surface area contributed by atoms with Crippen molar-refractivity contribution in [3.63, 3.8) is 0 Å². The topological polar surface area (TPSA) is 64.1 Å². The van der Waals surface area contributed by atoms with Crippen LogP contribution in [0.4, 0.5) is 0 Å². The molecule has 6 heteroatoms. The van der Waals surface area contributed by atoms with Crippen molar-refractivity contribution in [2.45, 2.75) is 32.3 Å². The third-order valence-electron chi connectivity index (χ3n) is 6.84. The predicted molar refractivity (Wildman–Crippen MR) is 137 cm³/mol. The lowest BCUT2D eigenvalue weighted by atomic mass is 9.86. The highest BCUT2D eigenvalue weighted by atomic mass is 16.5. The van der Waals surface area contributed by atoms with Crippen molar-refractivity contribution in [2.24, 2.45) is 0 Å². The molecule has 0 saturated carbocycles. The van der Waals surface area contributed by atoms with Gasteiger partial charge in [-0.2, -0.15) is 0 Å². The van der Waals surface area contributed by atoms with E-state index < -0.39 is 0 Å². The number of aromatic nitrogens is 1. The molecule has 1 fully saturated rings. The third-order valence-corrected chi connectivity index (χ3v) is 6.84. The zero-order valence-corrected chi connectivity index (χ0v) is 20.4. The van der Waals surface area contributed by atoms with Crippen LogP contribution in [0.15, 0.2) is 60.8 Å². The lowest BCUT2D eigenvalue weighted by Crippen LogP contribution is -2.33. The van der Waals surface area contributed by atoms with Crippen molar-refractivity contribution in [3.05, 3.63) is 77.5 Å². The van der Waals surface area contributed by atoms with Crippen LogP contribution < -0.4 is 14.2 Å². The average molecular weight is 473 g/mol. The first-order chi connectivity index (χ1) is 17.1. The van der Waals surface area contributed by atoms with Crippen LogP contribution in [0.1, 0.15) is 49.0 Å². The number of phenols is 1. The number of methoxy groups -OCH3 is 1. The fourth-order valence-corrected chi connectivity index (χ4v) is 4.92. The molecule has 0 radical (unpaired) electrons. The SMILES string of the molecule is COc1ccc(C2=C(C)c3ccc(O)cc3OC2c2ccc(OCCN3CCCCC3)cc2)cn1. The second kappa shape index (κ2) is 10.4. The second-order valence-corrected chi connectivity index (χ2v) is 9.13. The molecular formula is C29H32N2O4. The number of benzene rings is 2. The quantitative estimate of drug-likeness (QED) is 0.474. The zero-order valence-electron chi connectivity index (χ0n) is 20.4. The summed E-state index contributed by atoms with van der Waals surface area (Å²) in [7, 11) is 1.61. The van der Waals surface area contributed by atoms with Crippen molar-refractivity contribution >= 4 is 11.1 Å². The van der Waals surface area contributed by atoms with Crippen LogP contribution in [-0.2, 0) is 0 Å². The van der Waals surface area contributed by atoms with Gasteiger partial charge >= 0.3 is 0 Å². The van der Waals surface area contributed by atoms with E-state index in [1.165, 1.54) is 32.4 Å². The minimum absolute atomic E-state index is 0.183. The van der Waals surface area contributed by atoms with Gasteiger partial charge < -0.3 is 19.3 Å². The van der Waals surface area contributed by atoms with Crippen LogP contribution in [0.25, 0.3) is 11.1 Å². The molecule has 3 aromatic rings. The summed E-state index contributed by atoms with van der Waals surface area (Å²) in [6, 6.07) is 17.2. The first kappa shape index (κ1) is 23.2. The van der Waals surface area contributed by atoms with Crippen LogP contribution in [0.2, 0.25) is 0 Å². The number of nitrogens with zero attached hydrogens (tertiary/aromatic N) is 2. The van der Waals surface area contributed by atoms with E-state index in [1.54, 1.807) is 19.2 Å². The first-order valence-corrected chi connectivity index (χ1v) is 12.3. The number of likely N-dealkylation sites (tertiary alicyclic amines) is 1. The Bertz CT molecular complexity index is 1180. The number of ether oxygens (including phenoxy) is 3. The van der Waals surface area contributed by atoms with Crippen molar-refractivity contribution in [1.82, 2.24) is 9.88 Å². The van der Waals surface area contributed by atoms with Gasteiger partial charge in [-0.1, -0.05) is 18.6 Å². The maximum atomic E-state index is 10.0. The molecular weight excluding hydrogens is 440 g/mol. The Morgan fingerprint density at radius 1 is 1.03 bits per heavy atom. The number of fused-ring (bicyclic) bond motifs is 1. The van der Waals surface area contributed by atoms with Crippen LogP contribution in [0, 0.1) is 0 Å². The van der Waals surface area contributed by atoms with Gasteiger partial charge in [-0.15, -0.1) is 0 Å². The number of hydrogen-bond acceptors (Lipinski definition) is 6. The molecule has 182 valence electrons. The van der Waals surface area contributed by atoms with Gasteiger partial charge in [0.2, 0.25) is 5.88 Å². The fraction of sp³-hybridized carbons (Fsp3) is 0.345. The average Bonchev–Trinajstić information content (AvgIpc) is 2.89. The Morgan fingerprint density at radius 2 is 1.83 bits per heavy atom. The summed E-state index contributed by atoms with van der Waals surface area (Å²) >= 11 is 0. The monoisotopic (exact) mass is 472 g/mol. The standard InChI is InChI=1S/C29H32N2O4/c1-20-25-12-9-23(32)18-26(25)35-29(28(20)22-8-13-27(33-2)30-19-22)21-6-10-24(11-7-21)34-17-16-31-14-4-3-5-15-31/h6-13,18-19,29,32H,3-5,14-17H2,1-2H3. The molecule has 6 nitrogen and oxygen atoms in total. The van der Waals surface area contributed by atoms with Gasteiger partial charge in [0, 0.05) is 41.6 Å². The molecule has 0 amide bonds. The van der Waals surface area contributed by atoms with Crippen LogP contribution in [0.3, 0.4) is 0 Å². The summed E-state index contributed by atoms with van der Waals surface area (Å²) in [4.78, 5) is 6.89. The van der Waals surface area contributed by atoms with E-state index in [2.05, 4.69) is 28.9 Å². The van der Waals surface area contributed by atoms with Crippen LogP contribution in [0.5, 0.6) is 23.1 Å². The summed E-state index contributed by atoms with van der Waals surface area (Å²) in [5.41, 5.74) is 5.06. The van der Waals surface area contributed by atoms with E-state index in [9.17, 15) is 5.11 Å². The molecule has 1 saturated heterocycles. The summed E-state index contributed by atoms with van der Waals surface area (Å²) in [6.07, 6.45) is 5.39. The van der Waals surface area contributed by atoms with E-state index >= 15 is 0 Å². The second-order valence-electron chi connectivity index (χ2n) is 9.13. The Morgan fingerprint density at radius 3 is 2.54 bits per heavy atom. The highest BCUT2D eigenvalue weighted by molar-refractivity contribution is 5.95. The van der Waals surface area contributed by atoms with Gasteiger partial charge in [-0.3, -0.25) is 4.90 Å². The number of allylic oxidation sites excluding steroid dienone is 1. The normalized spacial score (nSPS) is 18.1. The number of aromatic hydroxyl groups is 1. The van der Waals surface area contributed by atoms with E-state index in [4.69, 9.17) is 14.2 Å². The molecule has 2 aromatic carbocycles. The summed E-state index contributed by atoms with van der Waals surface area (Å²) in [5, 5.41) is 10.0. The highest BCUT2D eigenvalue weighted by Crippen LogP contribution is 2.47. The zero-order chi connectivity index (χ0) is 24.2. The van der Waals surface area contributed by atoms with Gasteiger partial charge in [0.25, 0.3) is 0 Å². The van der Waals surface area contributed by atoms with Gasteiger partial charge in [-0.05, 0) is 74.3 Å². The van der Waals surface area contributed by atoms with Crippen molar-refractivity contribution in [3.8, 4) is 23.1 Å². The van der Waals surface area contributed by atoms with Gasteiger partial charge in [0.05, 0.1) is 7.11 Å². The van der Waals surface area contributed by atoms with Crippen molar-refractivity contribution in [2.75, 3.05) is 33.4 Å². The Hall–Kier alpha value is -3.51. The molecule has 2 aliphatic heterocycles. The Balaban J connectivity index is 1.40. The molecule has 0 spiro atoms. The van der Waals surface area contributed by atoms with E-state index in [0.29, 0.717) is 18.2 Å². The summed E-state index contributed by atoms with van der Waals surface area (Å²) in [6.45, 7) is 6.08. The van der Waals surface area contributed by atoms with Crippen LogP contribution in [-0.4, -0.2) is 48.3 Å². The maximum absolute atomic E-state index is 10.0. The smallest absolute Gasteiger partial charge is 0.212 e. The summed E-state index contributed by atoms with van der Waals surface area (Å²) in [5.74, 6) is 2.27. The molecule has 1 aromatic heterocycles. The Labute approximate surface area is 206 Å². The molecule has 1 N–H and O–H groups in total. The van der Waals surface area contributed by atoms with Gasteiger partial charge in [-0.25, -0.2) is 4.98 Å². The van der Waals surface area contributed by atoms with E-state index in [0.717, 1.165) is 40.1 Å². The fourth-order valence-electron chi connectivity index (χ4n) is 4.92. The van der Waals surface area contributed by atoms with Crippen molar-refractivity contribution in [1.29, 1.82) is 0 Å². The number of rotatable bonds is 7. The highest BCUT2D eigenvalue weighted by Gasteiger charge is 2.29. The molecule has 35 heavy (non-hydrogen) atoms. The van der Waals surface area contributed by atoms with Crippen molar-refractivity contribution < 1.29 is 19.3 Å². The van der Waals surface area contributed by atoms with Gasteiger partial charge in [0.1, 0.15) is 30.0 Å². The molecule has 1 unspecified atom stereocenters. The largest absolute Gasteiger partial charge is 0.508 e. The van der Waals surface area contributed by atoms with Crippen LogP contribution >= 0.6 is 0 Å². The molecule has 2 aliphatic rings. The number of piperidine rings is 1. The minimum atomic E-state index is -0.345. The first-order valence-electron chi connectivity index (χ1n) is 12.3. The third kappa shape index (κ3) is 5.13. The molecule has 0 bridgehead atoms. The predicted octanol–water partition coefficient (Wildman–Crippen LogP) is 5.72. The minimum Gasteiger partial charge on any atom is -0.508 e. The molecule has 0 aliphatic carbocycles. The van der Waals surface area contributed by atoms with Gasteiger partial charge in [0.15, 0.2) is 0 Å². The maximum Gasteiger partial charge on any atom is 0.212 e. The Kier molecular flexibility index (Phi) is 6.91. The van der Waals surface area contributed by atoms with E-state index in [1.807, 2.05) is 36.5 Å².